The summed E-state index contributed by atoms with van der Waals surface area (Å²) in [5.41, 5.74) is 1.42. The molecule has 1 amide bonds. The van der Waals surface area contributed by atoms with Crippen molar-refractivity contribution >= 4 is 17.5 Å². The average molecular weight is 287 g/mol. The minimum Gasteiger partial charge on any atom is -0.481 e. The molecule has 3 rings (SSSR count). The van der Waals surface area contributed by atoms with Gasteiger partial charge in [0.05, 0.1) is 12.0 Å². The molecule has 0 saturated heterocycles. The van der Waals surface area contributed by atoms with Gasteiger partial charge in [-0.3, -0.25) is 9.59 Å². The van der Waals surface area contributed by atoms with Gasteiger partial charge in [-0.05, 0) is 38.3 Å². The lowest BCUT2D eigenvalue weighted by molar-refractivity contribution is -0.139. The number of carboxylic acid groups (broad SMARTS) is 1. The SMILES string of the molecule is Cc1cccc2nc(C(=O)NC3(CC(=O)O)CCC3)cn12. The number of amides is 1. The van der Waals surface area contributed by atoms with Gasteiger partial charge >= 0.3 is 5.97 Å². The molecule has 1 saturated carbocycles. The number of imidazole rings is 1. The second kappa shape index (κ2) is 4.87. The van der Waals surface area contributed by atoms with Crippen molar-refractivity contribution in [1.29, 1.82) is 0 Å². The van der Waals surface area contributed by atoms with E-state index >= 15 is 0 Å². The van der Waals surface area contributed by atoms with Crippen molar-refractivity contribution in [2.45, 2.75) is 38.1 Å². The molecule has 2 N–H and O–H groups in total. The van der Waals surface area contributed by atoms with Crippen LogP contribution in [0.3, 0.4) is 0 Å². The van der Waals surface area contributed by atoms with Gasteiger partial charge in [-0.1, -0.05) is 6.07 Å². The lowest BCUT2D eigenvalue weighted by Gasteiger charge is -2.41. The Bertz CT molecular complexity index is 716. The number of aliphatic carboxylic acids is 1. The van der Waals surface area contributed by atoms with Gasteiger partial charge in [0.2, 0.25) is 0 Å². The number of fused-ring (bicyclic) bond motifs is 1. The van der Waals surface area contributed by atoms with Crippen LogP contribution in [0.1, 0.15) is 41.9 Å². The number of pyridine rings is 1. The smallest absolute Gasteiger partial charge is 0.305 e. The zero-order chi connectivity index (χ0) is 15.0. The first kappa shape index (κ1) is 13.6. The van der Waals surface area contributed by atoms with Gasteiger partial charge < -0.3 is 14.8 Å². The van der Waals surface area contributed by atoms with Crippen LogP contribution in [0.2, 0.25) is 0 Å². The Kier molecular flexibility index (Phi) is 3.16. The van der Waals surface area contributed by atoms with Crippen molar-refractivity contribution in [2.75, 3.05) is 0 Å². The summed E-state index contributed by atoms with van der Waals surface area (Å²) in [7, 11) is 0. The molecule has 0 spiro atoms. The van der Waals surface area contributed by atoms with E-state index in [1.807, 2.05) is 29.5 Å². The van der Waals surface area contributed by atoms with Gasteiger partial charge in [0, 0.05) is 11.9 Å². The lowest BCUT2D eigenvalue weighted by atomic mass is 9.74. The zero-order valence-corrected chi connectivity index (χ0v) is 11.8. The lowest BCUT2D eigenvalue weighted by Crippen LogP contribution is -2.54. The maximum absolute atomic E-state index is 12.3. The third-order valence-corrected chi connectivity index (χ3v) is 4.11. The number of aromatic nitrogens is 2. The van der Waals surface area contributed by atoms with Crippen molar-refractivity contribution in [3.8, 4) is 0 Å². The normalized spacial score (nSPS) is 16.4. The number of nitrogens with zero attached hydrogens (tertiary/aromatic N) is 2. The first-order valence-corrected chi connectivity index (χ1v) is 6.98. The Morgan fingerprint density at radius 3 is 2.76 bits per heavy atom. The van der Waals surface area contributed by atoms with Gasteiger partial charge in [0.1, 0.15) is 11.3 Å². The number of rotatable bonds is 4. The van der Waals surface area contributed by atoms with Crippen molar-refractivity contribution in [1.82, 2.24) is 14.7 Å². The van der Waals surface area contributed by atoms with E-state index in [4.69, 9.17) is 5.11 Å². The zero-order valence-electron chi connectivity index (χ0n) is 11.8. The molecule has 2 heterocycles. The number of nitrogens with one attached hydrogen (secondary N) is 1. The largest absolute Gasteiger partial charge is 0.481 e. The van der Waals surface area contributed by atoms with Crippen molar-refractivity contribution < 1.29 is 14.7 Å². The Morgan fingerprint density at radius 2 is 2.19 bits per heavy atom. The van der Waals surface area contributed by atoms with Crippen LogP contribution in [0, 0.1) is 6.92 Å². The molecular formula is C15H17N3O3. The summed E-state index contributed by atoms with van der Waals surface area (Å²) in [6, 6.07) is 5.66. The summed E-state index contributed by atoms with van der Waals surface area (Å²) in [6.45, 7) is 1.94. The molecule has 6 heteroatoms. The van der Waals surface area contributed by atoms with Gasteiger partial charge in [0.15, 0.2) is 0 Å². The summed E-state index contributed by atoms with van der Waals surface area (Å²) in [4.78, 5) is 27.6. The highest BCUT2D eigenvalue weighted by molar-refractivity contribution is 5.93. The van der Waals surface area contributed by atoms with Gasteiger partial charge in [0.25, 0.3) is 5.91 Å². The van der Waals surface area contributed by atoms with Crippen LogP contribution >= 0.6 is 0 Å². The van der Waals surface area contributed by atoms with Gasteiger partial charge in [-0.2, -0.15) is 0 Å². The Labute approximate surface area is 121 Å². The van der Waals surface area contributed by atoms with Crippen molar-refractivity contribution in [2.24, 2.45) is 0 Å². The van der Waals surface area contributed by atoms with Crippen LogP contribution in [0.25, 0.3) is 5.65 Å². The van der Waals surface area contributed by atoms with Crippen LogP contribution in [0.4, 0.5) is 0 Å². The standard InChI is InChI=1S/C15H17N3O3/c1-10-4-2-5-12-16-11(9-18(10)12)14(21)17-15(6-3-7-15)8-13(19)20/h2,4-5,9H,3,6-8H2,1H3,(H,17,21)(H,19,20). The highest BCUT2D eigenvalue weighted by atomic mass is 16.4. The number of carbonyl (C=O) groups is 2. The molecule has 0 unspecified atom stereocenters. The third-order valence-electron chi connectivity index (χ3n) is 4.11. The molecule has 0 aliphatic heterocycles. The first-order valence-electron chi connectivity index (χ1n) is 6.98. The molecule has 0 bridgehead atoms. The molecule has 21 heavy (non-hydrogen) atoms. The first-order chi connectivity index (χ1) is 9.99. The molecule has 1 aliphatic rings. The highest BCUT2D eigenvalue weighted by Crippen LogP contribution is 2.35. The second-order valence-corrected chi connectivity index (χ2v) is 5.68. The predicted molar refractivity (Wildman–Crippen MR) is 76.2 cm³/mol. The van der Waals surface area contributed by atoms with E-state index in [0.29, 0.717) is 24.2 Å². The highest BCUT2D eigenvalue weighted by Gasteiger charge is 2.40. The molecule has 0 atom stereocenters. The van der Waals surface area contributed by atoms with Crippen LogP contribution < -0.4 is 5.32 Å². The number of aryl methyl sites for hydroxylation is 1. The molecule has 1 aliphatic carbocycles. The summed E-state index contributed by atoms with van der Waals surface area (Å²) in [5, 5.41) is 11.8. The van der Waals surface area contributed by atoms with E-state index < -0.39 is 11.5 Å². The molecule has 6 nitrogen and oxygen atoms in total. The fraction of sp³-hybridized carbons (Fsp3) is 0.400. The van der Waals surface area contributed by atoms with Crippen molar-refractivity contribution in [3.05, 3.63) is 35.8 Å². The summed E-state index contributed by atoms with van der Waals surface area (Å²) < 4.78 is 1.85. The second-order valence-electron chi connectivity index (χ2n) is 5.68. The third kappa shape index (κ3) is 2.49. The van der Waals surface area contributed by atoms with Crippen molar-refractivity contribution in [3.63, 3.8) is 0 Å². The van der Waals surface area contributed by atoms with Gasteiger partial charge in [-0.15, -0.1) is 0 Å². The van der Waals surface area contributed by atoms with E-state index in [1.54, 1.807) is 6.20 Å². The Balaban J connectivity index is 1.83. The summed E-state index contributed by atoms with van der Waals surface area (Å²) in [6.07, 6.45) is 4.00. The molecule has 0 aromatic carbocycles. The predicted octanol–water partition coefficient (Wildman–Crippen LogP) is 1.77. The van der Waals surface area contributed by atoms with Crippen LogP contribution in [0.15, 0.2) is 24.4 Å². The Hall–Kier alpha value is -2.37. The molecule has 1 fully saturated rings. The topological polar surface area (TPSA) is 83.7 Å². The van der Waals surface area contributed by atoms with Crippen LogP contribution in [-0.4, -0.2) is 31.9 Å². The van der Waals surface area contributed by atoms with Crippen LogP contribution in [-0.2, 0) is 4.79 Å². The van der Waals surface area contributed by atoms with Crippen LogP contribution in [0.5, 0.6) is 0 Å². The summed E-state index contributed by atoms with van der Waals surface area (Å²) >= 11 is 0. The fourth-order valence-corrected chi connectivity index (χ4v) is 2.80. The number of hydrogen-bond acceptors (Lipinski definition) is 3. The quantitative estimate of drug-likeness (QED) is 0.897. The molecule has 2 aromatic heterocycles. The number of carbonyl (C=O) groups excluding carboxylic acids is 1. The molecule has 0 radical (unpaired) electrons. The van der Waals surface area contributed by atoms with E-state index in [-0.39, 0.29) is 12.3 Å². The molecule has 110 valence electrons. The molecule has 2 aromatic rings. The van der Waals surface area contributed by atoms with E-state index in [9.17, 15) is 9.59 Å². The summed E-state index contributed by atoms with van der Waals surface area (Å²) in [5.74, 6) is -1.19. The Morgan fingerprint density at radius 1 is 1.43 bits per heavy atom. The van der Waals surface area contributed by atoms with E-state index in [1.165, 1.54) is 0 Å². The maximum Gasteiger partial charge on any atom is 0.305 e. The number of carboxylic acids is 1. The van der Waals surface area contributed by atoms with E-state index in [0.717, 1.165) is 12.1 Å². The average Bonchev–Trinajstić information content (AvgIpc) is 2.81. The number of hydrogen-bond donors (Lipinski definition) is 2. The van der Waals surface area contributed by atoms with E-state index in [2.05, 4.69) is 10.3 Å². The molecular weight excluding hydrogens is 270 g/mol. The van der Waals surface area contributed by atoms with Gasteiger partial charge in [-0.25, -0.2) is 4.98 Å². The minimum atomic E-state index is -0.888. The monoisotopic (exact) mass is 287 g/mol. The fourth-order valence-electron chi connectivity index (χ4n) is 2.80. The maximum atomic E-state index is 12.3. The minimum absolute atomic E-state index is 0.0366.